The predicted molar refractivity (Wildman–Crippen MR) is 62.0 cm³/mol. The van der Waals surface area contributed by atoms with Crippen LogP contribution in [0.4, 0.5) is 14.5 Å². The SMILES string of the molecule is C=C(CC)CNc1c(F)cc(F)cc1Br. The van der Waals surface area contributed by atoms with Gasteiger partial charge in [0.1, 0.15) is 11.6 Å². The Morgan fingerprint density at radius 3 is 2.67 bits per heavy atom. The molecule has 0 atom stereocenters. The number of halogens is 3. The van der Waals surface area contributed by atoms with E-state index in [9.17, 15) is 8.78 Å². The van der Waals surface area contributed by atoms with Crippen LogP contribution >= 0.6 is 15.9 Å². The normalized spacial score (nSPS) is 10.1. The maximum absolute atomic E-state index is 13.3. The fourth-order valence-electron chi connectivity index (χ4n) is 1.05. The molecule has 0 aliphatic rings. The number of hydrogen-bond acceptors (Lipinski definition) is 1. The molecule has 0 saturated heterocycles. The Morgan fingerprint density at radius 1 is 1.47 bits per heavy atom. The third-order valence-corrected chi connectivity index (χ3v) is 2.65. The van der Waals surface area contributed by atoms with E-state index in [1.54, 1.807) is 0 Å². The lowest BCUT2D eigenvalue weighted by atomic mass is 10.2. The summed E-state index contributed by atoms with van der Waals surface area (Å²) in [4.78, 5) is 0. The van der Waals surface area contributed by atoms with Gasteiger partial charge < -0.3 is 5.32 Å². The van der Waals surface area contributed by atoms with E-state index < -0.39 is 11.6 Å². The molecule has 0 saturated carbocycles. The van der Waals surface area contributed by atoms with Gasteiger partial charge in [-0.25, -0.2) is 8.78 Å². The van der Waals surface area contributed by atoms with Crippen LogP contribution in [0.5, 0.6) is 0 Å². The summed E-state index contributed by atoms with van der Waals surface area (Å²) in [6.07, 6.45) is 0.827. The number of nitrogens with one attached hydrogen (secondary N) is 1. The fourth-order valence-corrected chi connectivity index (χ4v) is 1.60. The zero-order valence-corrected chi connectivity index (χ0v) is 10.00. The third kappa shape index (κ3) is 3.30. The minimum absolute atomic E-state index is 0.269. The van der Waals surface area contributed by atoms with Gasteiger partial charge in [-0.05, 0) is 28.4 Å². The molecule has 0 aliphatic heterocycles. The summed E-state index contributed by atoms with van der Waals surface area (Å²) in [5, 5.41) is 2.87. The maximum Gasteiger partial charge on any atom is 0.150 e. The summed E-state index contributed by atoms with van der Waals surface area (Å²) in [5.41, 5.74) is 1.23. The summed E-state index contributed by atoms with van der Waals surface area (Å²) in [6, 6.07) is 2.07. The van der Waals surface area contributed by atoms with Crippen LogP contribution in [0.3, 0.4) is 0 Å². The Hall–Kier alpha value is -0.900. The molecule has 15 heavy (non-hydrogen) atoms. The van der Waals surface area contributed by atoms with Crippen LogP contribution in [0.15, 0.2) is 28.8 Å². The molecule has 0 heterocycles. The van der Waals surface area contributed by atoms with Gasteiger partial charge in [0.2, 0.25) is 0 Å². The molecule has 0 spiro atoms. The molecule has 0 aromatic heterocycles. The van der Waals surface area contributed by atoms with Crippen molar-refractivity contribution in [3.05, 3.63) is 40.4 Å². The van der Waals surface area contributed by atoms with E-state index in [4.69, 9.17) is 0 Å². The van der Waals surface area contributed by atoms with Crippen LogP contribution in [0, 0.1) is 11.6 Å². The first kappa shape index (κ1) is 12.2. The van der Waals surface area contributed by atoms with Crippen molar-refractivity contribution in [3.63, 3.8) is 0 Å². The molecular weight excluding hydrogens is 264 g/mol. The van der Waals surface area contributed by atoms with Gasteiger partial charge >= 0.3 is 0 Å². The van der Waals surface area contributed by atoms with E-state index in [1.807, 2.05) is 6.92 Å². The van der Waals surface area contributed by atoms with Gasteiger partial charge in [0.15, 0.2) is 0 Å². The molecular formula is C11H12BrF2N. The molecule has 0 amide bonds. The highest BCUT2D eigenvalue weighted by Crippen LogP contribution is 2.26. The second-order valence-electron chi connectivity index (χ2n) is 3.20. The standard InChI is InChI=1S/C11H12BrF2N/c1-3-7(2)6-15-11-9(12)4-8(13)5-10(11)14/h4-5,15H,2-3,6H2,1H3. The smallest absolute Gasteiger partial charge is 0.150 e. The molecule has 0 aliphatic carbocycles. The molecule has 0 bridgehead atoms. The van der Waals surface area contributed by atoms with E-state index in [-0.39, 0.29) is 5.69 Å². The molecule has 0 unspecified atom stereocenters. The van der Waals surface area contributed by atoms with Gasteiger partial charge in [-0.1, -0.05) is 19.1 Å². The largest absolute Gasteiger partial charge is 0.378 e. The van der Waals surface area contributed by atoms with Crippen LogP contribution in [-0.2, 0) is 0 Å². The molecule has 1 aromatic carbocycles. The van der Waals surface area contributed by atoms with E-state index in [0.717, 1.165) is 18.1 Å². The highest BCUT2D eigenvalue weighted by molar-refractivity contribution is 9.10. The van der Waals surface area contributed by atoms with E-state index in [0.29, 0.717) is 11.0 Å². The number of rotatable bonds is 4. The molecule has 1 nitrogen and oxygen atoms in total. The monoisotopic (exact) mass is 275 g/mol. The molecule has 82 valence electrons. The Kier molecular flexibility index (Phi) is 4.27. The van der Waals surface area contributed by atoms with Crippen molar-refractivity contribution >= 4 is 21.6 Å². The van der Waals surface area contributed by atoms with E-state index in [1.165, 1.54) is 6.07 Å². The van der Waals surface area contributed by atoms with E-state index >= 15 is 0 Å². The second-order valence-corrected chi connectivity index (χ2v) is 4.06. The number of anilines is 1. The summed E-state index contributed by atoms with van der Waals surface area (Å²) >= 11 is 3.10. The summed E-state index contributed by atoms with van der Waals surface area (Å²) in [7, 11) is 0. The first-order chi connectivity index (χ1) is 7.04. The van der Waals surface area contributed by atoms with Gasteiger partial charge in [-0.15, -0.1) is 0 Å². The van der Waals surface area contributed by atoms with Gasteiger partial charge in [-0.2, -0.15) is 0 Å². The number of benzene rings is 1. The van der Waals surface area contributed by atoms with Crippen molar-refractivity contribution in [2.45, 2.75) is 13.3 Å². The zero-order valence-electron chi connectivity index (χ0n) is 8.41. The Labute approximate surface area is 96.3 Å². The molecule has 1 N–H and O–H groups in total. The van der Waals surface area contributed by atoms with Crippen molar-refractivity contribution in [1.29, 1.82) is 0 Å². The van der Waals surface area contributed by atoms with Crippen molar-refractivity contribution in [3.8, 4) is 0 Å². The molecule has 0 radical (unpaired) electrons. The average molecular weight is 276 g/mol. The molecule has 4 heteroatoms. The van der Waals surface area contributed by atoms with Crippen LogP contribution in [0.25, 0.3) is 0 Å². The highest BCUT2D eigenvalue weighted by atomic mass is 79.9. The van der Waals surface area contributed by atoms with Crippen LogP contribution in [0.1, 0.15) is 13.3 Å². The summed E-state index contributed by atoms with van der Waals surface area (Å²) in [6.45, 7) is 6.25. The number of hydrogen-bond donors (Lipinski definition) is 1. The highest BCUT2D eigenvalue weighted by Gasteiger charge is 2.08. The average Bonchev–Trinajstić information content (AvgIpc) is 2.15. The molecule has 1 rings (SSSR count). The Morgan fingerprint density at radius 2 is 2.13 bits per heavy atom. The Bertz CT molecular complexity index is 354. The van der Waals surface area contributed by atoms with Crippen molar-refractivity contribution in [1.82, 2.24) is 0 Å². The van der Waals surface area contributed by atoms with Crippen molar-refractivity contribution < 1.29 is 8.78 Å². The van der Waals surface area contributed by atoms with Gasteiger partial charge in [-0.3, -0.25) is 0 Å². The maximum atomic E-state index is 13.3. The lowest BCUT2D eigenvalue weighted by molar-refractivity contribution is 0.584. The molecule has 1 aromatic rings. The summed E-state index contributed by atoms with van der Waals surface area (Å²) in [5.74, 6) is -1.20. The van der Waals surface area contributed by atoms with Crippen LogP contribution in [0.2, 0.25) is 0 Å². The fraction of sp³-hybridized carbons (Fsp3) is 0.273. The second kappa shape index (κ2) is 5.26. The summed E-state index contributed by atoms with van der Waals surface area (Å²) < 4.78 is 26.4. The van der Waals surface area contributed by atoms with Gasteiger partial charge in [0, 0.05) is 17.1 Å². The van der Waals surface area contributed by atoms with Crippen molar-refractivity contribution in [2.24, 2.45) is 0 Å². The first-order valence-corrected chi connectivity index (χ1v) is 5.39. The zero-order chi connectivity index (χ0) is 11.4. The van der Waals surface area contributed by atoms with Crippen LogP contribution in [-0.4, -0.2) is 6.54 Å². The van der Waals surface area contributed by atoms with Gasteiger partial charge in [0.05, 0.1) is 5.69 Å². The Balaban J connectivity index is 2.81. The third-order valence-electron chi connectivity index (χ3n) is 2.02. The predicted octanol–water partition coefficient (Wildman–Crippen LogP) is 4.11. The lowest BCUT2D eigenvalue weighted by Gasteiger charge is -2.10. The lowest BCUT2D eigenvalue weighted by Crippen LogP contribution is -2.06. The van der Waals surface area contributed by atoms with Gasteiger partial charge in [0.25, 0.3) is 0 Å². The minimum Gasteiger partial charge on any atom is -0.378 e. The quantitative estimate of drug-likeness (QED) is 0.816. The topological polar surface area (TPSA) is 12.0 Å². The first-order valence-electron chi connectivity index (χ1n) is 4.59. The van der Waals surface area contributed by atoms with E-state index in [2.05, 4.69) is 27.8 Å². The minimum atomic E-state index is -0.606. The molecule has 0 fully saturated rings. The van der Waals surface area contributed by atoms with Crippen molar-refractivity contribution in [2.75, 3.05) is 11.9 Å². The van der Waals surface area contributed by atoms with Crippen LogP contribution < -0.4 is 5.32 Å².